The van der Waals surface area contributed by atoms with Crippen molar-refractivity contribution < 1.29 is 18.3 Å². The topological polar surface area (TPSA) is 124 Å². The average Bonchev–Trinajstić information content (AvgIpc) is 3.47. The normalized spacial score (nSPS) is 13.3. The first kappa shape index (κ1) is 25.9. The van der Waals surface area contributed by atoms with Crippen molar-refractivity contribution in [2.75, 3.05) is 17.6 Å². The third-order valence-electron chi connectivity index (χ3n) is 6.93. The van der Waals surface area contributed by atoms with E-state index in [1.54, 1.807) is 0 Å². The minimum atomic E-state index is -3.64. The molecule has 3 aromatic carbocycles. The second kappa shape index (κ2) is 11.0. The Balaban J connectivity index is 1.22. The van der Waals surface area contributed by atoms with Crippen LogP contribution in [0.15, 0.2) is 60.7 Å². The van der Waals surface area contributed by atoms with E-state index in [1.807, 2.05) is 49.4 Å². The summed E-state index contributed by atoms with van der Waals surface area (Å²) in [4.78, 5) is 19.6. The van der Waals surface area contributed by atoms with E-state index in [-0.39, 0.29) is 12.2 Å². The predicted molar refractivity (Wildman–Crippen MR) is 150 cm³/mol. The number of aliphatic carboxylic acids is 1. The number of aromatic nitrogens is 2. The lowest BCUT2D eigenvalue weighted by Crippen LogP contribution is -2.43. The Kier molecular flexibility index (Phi) is 7.49. The summed E-state index contributed by atoms with van der Waals surface area (Å²) in [7, 11) is -3.64. The first-order valence-electron chi connectivity index (χ1n) is 13.0. The zero-order chi connectivity index (χ0) is 26.7. The van der Waals surface area contributed by atoms with Crippen molar-refractivity contribution in [3.05, 3.63) is 82.9 Å². The minimum absolute atomic E-state index is 0.0666. The fourth-order valence-corrected chi connectivity index (χ4v) is 6.39. The Hall–Kier alpha value is -3.69. The van der Waals surface area contributed by atoms with Crippen LogP contribution in [0.1, 0.15) is 42.0 Å². The standard InChI is InChI=1S/C29H32N4O4S/c1-2-3-14-38(36,37)33-27(28(34)35)17-20-9-11-24-22(16-20)18-21-15-19(8-10-23(21)24)12-13-30-29-31-25-6-4-5-7-26(25)32-29/h4-11,15-16,27,33H,2-3,12-14,17-18H2,1H3,(H,34,35)(H2,30,31,32). The molecule has 0 spiro atoms. The molecule has 1 aromatic heterocycles. The van der Waals surface area contributed by atoms with Gasteiger partial charge in [0.1, 0.15) is 6.04 Å². The molecular formula is C29H32N4O4S. The molecule has 1 aliphatic carbocycles. The van der Waals surface area contributed by atoms with Crippen LogP contribution in [0.5, 0.6) is 0 Å². The number of hydrogen-bond acceptors (Lipinski definition) is 5. The van der Waals surface area contributed by atoms with Gasteiger partial charge in [-0.25, -0.2) is 18.1 Å². The van der Waals surface area contributed by atoms with Gasteiger partial charge in [0.05, 0.1) is 16.8 Å². The summed E-state index contributed by atoms with van der Waals surface area (Å²) < 4.78 is 26.9. The van der Waals surface area contributed by atoms with Gasteiger partial charge in [-0.05, 0) is 71.2 Å². The fraction of sp³-hybridized carbons (Fsp3) is 0.310. The highest BCUT2D eigenvalue weighted by Crippen LogP contribution is 2.37. The molecule has 1 aliphatic rings. The molecule has 0 saturated heterocycles. The van der Waals surface area contributed by atoms with Crippen LogP contribution in [0.4, 0.5) is 5.95 Å². The minimum Gasteiger partial charge on any atom is -0.480 e. The second-order valence-corrected chi connectivity index (χ2v) is 11.7. The molecule has 198 valence electrons. The maximum atomic E-state index is 12.3. The number of nitrogens with one attached hydrogen (secondary N) is 3. The number of benzene rings is 3. The van der Waals surface area contributed by atoms with E-state index in [9.17, 15) is 18.3 Å². The SMILES string of the molecule is CCCCS(=O)(=O)NC(Cc1ccc2c(c1)Cc1cc(CCNc3nc4ccccc4[nH]3)ccc1-2)C(=O)O. The number of imidazole rings is 1. The molecule has 5 rings (SSSR count). The van der Waals surface area contributed by atoms with Crippen molar-refractivity contribution in [1.82, 2.24) is 14.7 Å². The first-order valence-corrected chi connectivity index (χ1v) is 14.6. The number of unbranched alkanes of at least 4 members (excludes halogenated alkanes) is 1. The van der Waals surface area contributed by atoms with Crippen LogP contribution in [-0.4, -0.2) is 47.8 Å². The lowest BCUT2D eigenvalue weighted by molar-refractivity contribution is -0.138. The third-order valence-corrected chi connectivity index (χ3v) is 8.40. The number of carboxylic acids is 1. The number of carboxylic acid groups (broad SMARTS) is 1. The van der Waals surface area contributed by atoms with E-state index in [0.717, 1.165) is 59.5 Å². The Morgan fingerprint density at radius 1 is 1.05 bits per heavy atom. The molecule has 0 fully saturated rings. The van der Waals surface area contributed by atoms with Gasteiger partial charge in [0.2, 0.25) is 16.0 Å². The molecule has 8 nitrogen and oxygen atoms in total. The Bertz CT molecular complexity index is 1550. The maximum Gasteiger partial charge on any atom is 0.322 e. The lowest BCUT2D eigenvalue weighted by Gasteiger charge is -2.15. The van der Waals surface area contributed by atoms with Crippen molar-refractivity contribution in [2.45, 2.75) is 45.1 Å². The van der Waals surface area contributed by atoms with Crippen molar-refractivity contribution >= 4 is 33.0 Å². The third kappa shape index (κ3) is 5.89. The highest BCUT2D eigenvalue weighted by Gasteiger charge is 2.25. The fourth-order valence-electron chi connectivity index (χ4n) is 4.99. The molecule has 0 radical (unpaired) electrons. The molecule has 1 unspecified atom stereocenters. The van der Waals surface area contributed by atoms with Crippen LogP contribution in [0.2, 0.25) is 0 Å². The molecule has 0 amide bonds. The Morgan fingerprint density at radius 2 is 1.76 bits per heavy atom. The molecular weight excluding hydrogens is 500 g/mol. The van der Waals surface area contributed by atoms with Crippen molar-refractivity contribution in [3.63, 3.8) is 0 Å². The largest absolute Gasteiger partial charge is 0.480 e. The molecule has 38 heavy (non-hydrogen) atoms. The monoisotopic (exact) mass is 532 g/mol. The highest BCUT2D eigenvalue weighted by molar-refractivity contribution is 7.89. The quantitative estimate of drug-likeness (QED) is 0.188. The molecule has 0 bridgehead atoms. The molecule has 9 heteroatoms. The van der Waals surface area contributed by atoms with Gasteiger partial charge in [-0.2, -0.15) is 0 Å². The van der Waals surface area contributed by atoms with E-state index in [1.165, 1.54) is 16.7 Å². The molecule has 1 atom stereocenters. The number of rotatable bonds is 12. The van der Waals surface area contributed by atoms with Crippen LogP contribution < -0.4 is 10.0 Å². The summed E-state index contributed by atoms with van der Waals surface area (Å²) >= 11 is 0. The number of aromatic amines is 1. The maximum absolute atomic E-state index is 12.3. The number of para-hydroxylation sites is 2. The van der Waals surface area contributed by atoms with E-state index in [4.69, 9.17) is 0 Å². The summed E-state index contributed by atoms with van der Waals surface area (Å²) in [6, 6.07) is 19.2. The zero-order valence-corrected chi connectivity index (χ0v) is 22.1. The van der Waals surface area contributed by atoms with Gasteiger partial charge in [-0.3, -0.25) is 4.79 Å². The second-order valence-electron chi connectivity index (χ2n) is 9.82. The number of sulfonamides is 1. The van der Waals surface area contributed by atoms with Crippen LogP contribution in [0.25, 0.3) is 22.2 Å². The average molecular weight is 533 g/mol. The van der Waals surface area contributed by atoms with Crippen molar-refractivity contribution in [3.8, 4) is 11.1 Å². The van der Waals surface area contributed by atoms with Gasteiger partial charge in [-0.15, -0.1) is 0 Å². The van der Waals surface area contributed by atoms with Crippen LogP contribution in [0.3, 0.4) is 0 Å². The van der Waals surface area contributed by atoms with E-state index >= 15 is 0 Å². The van der Waals surface area contributed by atoms with Crippen LogP contribution in [-0.2, 0) is 34.1 Å². The zero-order valence-electron chi connectivity index (χ0n) is 21.3. The number of carbonyl (C=O) groups is 1. The van der Waals surface area contributed by atoms with Gasteiger partial charge in [0.15, 0.2) is 0 Å². The number of anilines is 1. The van der Waals surface area contributed by atoms with Gasteiger partial charge < -0.3 is 15.4 Å². The molecule has 1 heterocycles. The van der Waals surface area contributed by atoms with Crippen molar-refractivity contribution in [1.29, 1.82) is 0 Å². The van der Waals surface area contributed by atoms with Crippen LogP contribution in [0, 0.1) is 0 Å². The molecule has 0 saturated carbocycles. The smallest absolute Gasteiger partial charge is 0.322 e. The molecule has 4 aromatic rings. The molecule has 4 N–H and O–H groups in total. The Labute approximate surface area is 222 Å². The van der Waals surface area contributed by atoms with Crippen molar-refractivity contribution in [2.24, 2.45) is 0 Å². The number of H-pyrrole nitrogens is 1. The number of nitrogens with zero attached hydrogens (tertiary/aromatic N) is 1. The number of fused-ring (bicyclic) bond motifs is 4. The predicted octanol–water partition coefficient (Wildman–Crippen LogP) is 4.50. The van der Waals surface area contributed by atoms with Gasteiger partial charge in [0, 0.05) is 6.54 Å². The van der Waals surface area contributed by atoms with E-state index in [2.05, 4.69) is 38.2 Å². The summed E-state index contributed by atoms with van der Waals surface area (Å²) in [5.41, 5.74) is 8.69. The van der Waals surface area contributed by atoms with Gasteiger partial charge >= 0.3 is 5.97 Å². The van der Waals surface area contributed by atoms with Gasteiger partial charge in [-0.1, -0.05) is 61.9 Å². The number of hydrogen-bond donors (Lipinski definition) is 4. The first-order chi connectivity index (χ1) is 18.3. The molecule has 0 aliphatic heterocycles. The summed E-state index contributed by atoms with van der Waals surface area (Å²) in [6.45, 7) is 2.65. The lowest BCUT2D eigenvalue weighted by atomic mass is 9.99. The van der Waals surface area contributed by atoms with Gasteiger partial charge in [0.25, 0.3) is 0 Å². The van der Waals surface area contributed by atoms with E-state index in [0.29, 0.717) is 6.42 Å². The van der Waals surface area contributed by atoms with E-state index < -0.39 is 22.0 Å². The van der Waals surface area contributed by atoms with Crippen LogP contribution >= 0.6 is 0 Å². The highest BCUT2D eigenvalue weighted by atomic mass is 32.2. The summed E-state index contributed by atoms with van der Waals surface area (Å²) in [6.07, 6.45) is 2.94. The Morgan fingerprint density at radius 3 is 2.47 bits per heavy atom. The summed E-state index contributed by atoms with van der Waals surface area (Å²) in [5, 5.41) is 13.0. The summed E-state index contributed by atoms with van der Waals surface area (Å²) in [5.74, 6) is -0.475.